The van der Waals surface area contributed by atoms with Crippen LogP contribution < -0.4 is 5.32 Å². The van der Waals surface area contributed by atoms with Crippen LogP contribution in [0.25, 0.3) is 16.9 Å². The highest BCUT2D eigenvalue weighted by molar-refractivity contribution is 6.31. The number of ether oxygens (including phenoxy) is 1. The van der Waals surface area contributed by atoms with Gasteiger partial charge < -0.3 is 14.4 Å². The summed E-state index contributed by atoms with van der Waals surface area (Å²) in [7, 11) is 0. The maximum absolute atomic E-state index is 12.4. The van der Waals surface area contributed by atoms with Gasteiger partial charge >= 0.3 is 12.1 Å². The number of aliphatic carboxylic acids is 1. The van der Waals surface area contributed by atoms with E-state index in [1.165, 1.54) is 0 Å². The first-order valence-electron chi connectivity index (χ1n) is 11.1. The van der Waals surface area contributed by atoms with Crippen molar-refractivity contribution in [2.24, 2.45) is 5.92 Å². The fourth-order valence-electron chi connectivity index (χ4n) is 3.99. The van der Waals surface area contributed by atoms with Crippen LogP contribution in [-0.2, 0) is 16.0 Å². The van der Waals surface area contributed by atoms with Crippen molar-refractivity contribution in [1.82, 2.24) is 5.16 Å². The predicted molar refractivity (Wildman–Crippen MR) is 130 cm³/mol. The highest BCUT2D eigenvalue weighted by atomic mass is 35.5. The number of hydrogen-bond donors (Lipinski definition) is 2. The Morgan fingerprint density at radius 1 is 1.21 bits per heavy atom. The monoisotopic (exact) mass is 480 g/mol. The molecule has 0 bridgehead atoms. The minimum atomic E-state index is -0.754. The third-order valence-corrected chi connectivity index (χ3v) is 6.28. The van der Waals surface area contributed by atoms with Crippen molar-refractivity contribution >= 4 is 34.9 Å². The Labute approximate surface area is 202 Å². The summed E-state index contributed by atoms with van der Waals surface area (Å²) in [6, 6.07) is 15.1. The van der Waals surface area contributed by atoms with E-state index in [2.05, 4.69) is 10.5 Å². The SMILES string of the molecule is Cc1noc(-c2cccc(C3=CCC(C(=O)O)CC3)c2)c1NC(=O)OCCc1ccccc1Cl. The Kier molecular flexibility index (Phi) is 7.33. The standard InChI is InChI=1S/C26H25ClN2O5/c1-16-23(28-26(32)33-14-13-18-5-2-3-8-22(18)27)24(34-29-16)21-7-4-6-20(15-21)17-9-11-19(12-10-17)25(30)31/h2-9,15,19H,10-14H2,1H3,(H,28,32)(H,30,31). The number of aryl methyl sites for hydroxylation is 1. The zero-order valence-electron chi connectivity index (χ0n) is 18.7. The number of rotatable bonds is 7. The van der Waals surface area contributed by atoms with Crippen molar-refractivity contribution in [1.29, 1.82) is 0 Å². The molecule has 7 nitrogen and oxygen atoms in total. The molecular weight excluding hydrogens is 456 g/mol. The van der Waals surface area contributed by atoms with Crippen molar-refractivity contribution in [3.63, 3.8) is 0 Å². The Balaban J connectivity index is 1.44. The number of carbonyl (C=O) groups is 2. The number of amides is 1. The molecule has 2 aromatic carbocycles. The van der Waals surface area contributed by atoms with Crippen LogP contribution in [0, 0.1) is 12.8 Å². The molecule has 34 heavy (non-hydrogen) atoms. The summed E-state index contributed by atoms with van der Waals surface area (Å²) in [4.78, 5) is 23.6. The van der Waals surface area contributed by atoms with Crippen LogP contribution in [0.4, 0.5) is 10.5 Å². The fourth-order valence-corrected chi connectivity index (χ4v) is 4.22. The first-order chi connectivity index (χ1) is 16.4. The number of allylic oxidation sites excluding steroid dienone is 2. The molecule has 3 aromatic rings. The lowest BCUT2D eigenvalue weighted by molar-refractivity contribution is -0.141. The van der Waals surface area contributed by atoms with E-state index in [0.717, 1.165) is 22.3 Å². The number of carboxylic acid groups (broad SMARTS) is 1. The molecule has 0 radical (unpaired) electrons. The Morgan fingerprint density at radius 3 is 2.74 bits per heavy atom. The van der Waals surface area contributed by atoms with E-state index in [0.29, 0.717) is 47.8 Å². The summed E-state index contributed by atoms with van der Waals surface area (Å²) in [5, 5.41) is 16.6. The molecule has 0 saturated heterocycles. The normalized spacial score (nSPS) is 15.5. The second-order valence-corrected chi connectivity index (χ2v) is 8.60. The van der Waals surface area contributed by atoms with Crippen molar-refractivity contribution in [2.75, 3.05) is 11.9 Å². The lowest BCUT2D eigenvalue weighted by atomic mass is 9.86. The van der Waals surface area contributed by atoms with Crippen LogP contribution in [0.15, 0.2) is 59.1 Å². The minimum absolute atomic E-state index is 0.177. The summed E-state index contributed by atoms with van der Waals surface area (Å²) in [5.41, 5.74) is 4.73. The van der Waals surface area contributed by atoms with E-state index in [1.54, 1.807) is 13.0 Å². The first kappa shape index (κ1) is 23.6. The van der Waals surface area contributed by atoms with Gasteiger partial charge in [-0.05, 0) is 55.0 Å². The molecule has 2 N–H and O–H groups in total. The number of hydrogen-bond acceptors (Lipinski definition) is 5. The molecule has 1 atom stereocenters. The van der Waals surface area contributed by atoms with Crippen molar-refractivity contribution in [2.45, 2.75) is 32.6 Å². The van der Waals surface area contributed by atoms with E-state index in [1.807, 2.05) is 48.5 Å². The third kappa shape index (κ3) is 5.48. The molecule has 0 saturated carbocycles. The van der Waals surface area contributed by atoms with E-state index in [-0.39, 0.29) is 12.5 Å². The average Bonchev–Trinajstić information content (AvgIpc) is 3.20. The second-order valence-electron chi connectivity index (χ2n) is 8.19. The Morgan fingerprint density at radius 2 is 2.00 bits per heavy atom. The summed E-state index contributed by atoms with van der Waals surface area (Å²) in [6.45, 7) is 1.92. The van der Waals surface area contributed by atoms with Crippen LogP contribution >= 0.6 is 11.6 Å². The fraction of sp³-hybridized carbons (Fsp3) is 0.269. The zero-order valence-corrected chi connectivity index (χ0v) is 19.5. The van der Waals surface area contributed by atoms with E-state index in [9.17, 15) is 14.7 Å². The molecule has 1 unspecified atom stereocenters. The van der Waals surface area contributed by atoms with Gasteiger partial charge in [0.15, 0.2) is 5.76 Å². The third-order valence-electron chi connectivity index (χ3n) is 5.91. The molecule has 8 heteroatoms. The lowest BCUT2D eigenvalue weighted by Gasteiger charge is -2.19. The average molecular weight is 481 g/mol. The van der Waals surface area contributed by atoms with Gasteiger partial charge in [-0.15, -0.1) is 0 Å². The number of nitrogens with zero attached hydrogens (tertiary/aromatic N) is 1. The summed E-state index contributed by atoms with van der Waals surface area (Å²) >= 11 is 6.15. The van der Waals surface area contributed by atoms with Crippen LogP contribution in [0.1, 0.15) is 36.1 Å². The van der Waals surface area contributed by atoms with Crippen LogP contribution in [0.2, 0.25) is 5.02 Å². The van der Waals surface area contributed by atoms with E-state index >= 15 is 0 Å². The van der Waals surface area contributed by atoms with Crippen molar-refractivity contribution in [3.05, 3.63) is 76.5 Å². The smallest absolute Gasteiger partial charge is 0.411 e. The molecule has 1 heterocycles. The van der Waals surface area contributed by atoms with E-state index < -0.39 is 12.1 Å². The Hall–Kier alpha value is -3.58. The van der Waals surface area contributed by atoms with E-state index in [4.69, 9.17) is 20.9 Å². The molecule has 176 valence electrons. The van der Waals surface area contributed by atoms with Gasteiger partial charge in [-0.2, -0.15) is 0 Å². The van der Waals surface area contributed by atoms with Crippen molar-refractivity contribution in [3.8, 4) is 11.3 Å². The van der Waals surface area contributed by atoms with Gasteiger partial charge in [0.25, 0.3) is 0 Å². The number of benzene rings is 2. The second kappa shape index (κ2) is 10.6. The van der Waals surface area contributed by atoms with Crippen LogP contribution in [-0.4, -0.2) is 28.9 Å². The molecule has 1 amide bonds. The number of halogens is 1. The van der Waals surface area contributed by atoms with Gasteiger partial charge in [-0.1, -0.05) is 59.2 Å². The highest BCUT2D eigenvalue weighted by Gasteiger charge is 2.22. The minimum Gasteiger partial charge on any atom is -0.481 e. The van der Waals surface area contributed by atoms with Crippen LogP contribution in [0.5, 0.6) is 0 Å². The Bertz CT molecular complexity index is 1230. The van der Waals surface area contributed by atoms with Gasteiger partial charge in [-0.3, -0.25) is 10.1 Å². The highest BCUT2D eigenvalue weighted by Crippen LogP contribution is 2.35. The molecule has 4 rings (SSSR count). The van der Waals surface area contributed by atoms with Gasteiger partial charge in [0.2, 0.25) is 0 Å². The number of anilines is 1. The number of nitrogens with one attached hydrogen (secondary N) is 1. The number of carbonyl (C=O) groups excluding carboxylic acids is 1. The summed E-state index contributed by atoms with van der Waals surface area (Å²) in [6.07, 6.45) is 3.71. The summed E-state index contributed by atoms with van der Waals surface area (Å²) in [5.74, 6) is -0.651. The zero-order chi connectivity index (χ0) is 24.1. The van der Waals surface area contributed by atoms with Gasteiger partial charge in [-0.25, -0.2) is 4.79 Å². The molecule has 0 spiro atoms. The topological polar surface area (TPSA) is 102 Å². The molecule has 1 aromatic heterocycles. The van der Waals surface area contributed by atoms with Gasteiger partial charge in [0.1, 0.15) is 11.4 Å². The molecule has 0 fully saturated rings. The summed E-state index contributed by atoms with van der Waals surface area (Å²) < 4.78 is 10.9. The molecule has 0 aliphatic heterocycles. The largest absolute Gasteiger partial charge is 0.481 e. The molecular formula is C26H25ClN2O5. The number of aromatic nitrogens is 1. The van der Waals surface area contributed by atoms with Gasteiger partial charge in [0.05, 0.1) is 12.5 Å². The first-order valence-corrected chi connectivity index (χ1v) is 11.5. The molecule has 1 aliphatic rings. The van der Waals surface area contributed by atoms with Gasteiger partial charge in [0, 0.05) is 17.0 Å². The predicted octanol–water partition coefficient (Wildman–Crippen LogP) is 6.36. The molecule has 1 aliphatic carbocycles. The van der Waals surface area contributed by atoms with Crippen molar-refractivity contribution < 1.29 is 24.0 Å². The lowest BCUT2D eigenvalue weighted by Crippen LogP contribution is -2.16. The maximum Gasteiger partial charge on any atom is 0.411 e. The number of carboxylic acids is 1. The maximum atomic E-state index is 12.4. The van der Waals surface area contributed by atoms with Crippen LogP contribution in [0.3, 0.4) is 0 Å². The quantitative estimate of drug-likeness (QED) is 0.407.